The summed E-state index contributed by atoms with van der Waals surface area (Å²) < 4.78 is 13.7. The first-order valence-electron chi connectivity index (χ1n) is 11.3. The van der Waals surface area contributed by atoms with Crippen LogP contribution in [0.15, 0.2) is 12.1 Å². The second-order valence-corrected chi connectivity index (χ2v) is 8.64. The Balaban J connectivity index is 0.000000649. The molecule has 0 spiro atoms. The molecule has 0 N–H and O–H groups in total. The van der Waals surface area contributed by atoms with Crippen molar-refractivity contribution >= 4 is 23.1 Å². The fourth-order valence-corrected chi connectivity index (χ4v) is 3.11. The molecule has 1 aromatic carbocycles. The molecule has 0 radical (unpaired) electrons. The summed E-state index contributed by atoms with van der Waals surface area (Å²) in [5.74, 6) is -0.501. The molecule has 0 fully saturated rings. The Bertz CT molecular complexity index is 780. The Morgan fingerprint density at radius 3 is 1.90 bits per heavy atom. The molecule has 0 saturated heterocycles. The fourth-order valence-electron chi connectivity index (χ4n) is 3.11. The number of benzene rings is 1. The maximum atomic E-state index is 13.7. The highest BCUT2D eigenvalue weighted by Crippen LogP contribution is 2.27. The van der Waals surface area contributed by atoms with Gasteiger partial charge in [0.15, 0.2) is 11.6 Å². The quantitative estimate of drug-likeness (QED) is 0.362. The zero-order valence-corrected chi connectivity index (χ0v) is 20.4. The van der Waals surface area contributed by atoms with Crippen molar-refractivity contribution in [3.8, 4) is 0 Å². The van der Waals surface area contributed by atoms with Crippen LogP contribution in [0.4, 0.5) is 4.39 Å². The van der Waals surface area contributed by atoms with Gasteiger partial charge in [-0.15, -0.1) is 0 Å². The first-order valence-corrected chi connectivity index (χ1v) is 11.3. The molecule has 174 valence electrons. The van der Waals surface area contributed by atoms with Gasteiger partial charge in [0, 0.05) is 35.8 Å². The number of hydrogen-bond acceptors (Lipinski definition) is 4. The topological polar surface area (TPSA) is 68.3 Å². The summed E-state index contributed by atoms with van der Waals surface area (Å²) >= 11 is 0. The van der Waals surface area contributed by atoms with Crippen molar-refractivity contribution < 1.29 is 23.6 Å². The van der Waals surface area contributed by atoms with Crippen molar-refractivity contribution in [2.75, 3.05) is 0 Å². The normalized spacial score (nSPS) is 12.6. The maximum Gasteiger partial charge on any atom is 0.166 e. The number of carbonyl (C=O) groups is 4. The molecule has 1 aromatic rings. The number of Topliss-reactive ketones (excluding diaryl/α,β-unsaturated/α-hetero) is 4. The lowest BCUT2D eigenvalue weighted by Gasteiger charge is -2.17. The molecule has 2 atom stereocenters. The fraction of sp³-hybridized carbons (Fsp3) is 0.615. The number of hydrogen-bond donors (Lipinski definition) is 0. The Kier molecular flexibility index (Phi) is 13.0. The minimum Gasteiger partial charge on any atom is -0.300 e. The van der Waals surface area contributed by atoms with Crippen molar-refractivity contribution in [1.29, 1.82) is 0 Å². The lowest BCUT2D eigenvalue weighted by Crippen LogP contribution is -2.17. The minimum atomic E-state index is -0.458. The van der Waals surface area contributed by atoms with E-state index >= 15 is 0 Å². The first-order chi connectivity index (χ1) is 14.4. The van der Waals surface area contributed by atoms with Crippen molar-refractivity contribution in [3.05, 3.63) is 34.6 Å². The molecule has 0 amide bonds. The molecule has 0 bridgehead atoms. The van der Waals surface area contributed by atoms with Crippen LogP contribution in [-0.2, 0) is 9.59 Å². The van der Waals surface area contributed by atoms with Gasteiger partial charge < -0.3 is 0 Å². The van der Waals surface area contributed by atoms with E-state index < -0.39 is 5.82 Å². The van der Waals surface area contributed by atoms with E-state index in [1.165, 1.54) is 19.1 Å². The van der Waals surface area contributed by atoms with Gasteiger partial charge in [0.25, 0.3) is 0 Å². The van der Waals surface area contributed by atoms with Crippen LogP contribution in [0.3, 0.4) is 0 Å². The third-order valence-electron chi connectivity index (χ3n) is 5.51. The van der Waals surface area contributed by atoms with Crippen LogP contribution >= 0.6 is 0 Å². The third-order valence-corrected chi connectivity index (χ3v) is 5.51. The zero-order chi connectivity index (χ0) is 24.3. The van der Waals surface area contributed by atoms with Crippen LogP contribution < -0.4 is 0 Å². The molecular formula is C26H39FO4. The van der Waals surface area contributed by atoms with E-state index in [0.29, 0.717) is 36.8 Å². The van der Waals surface area contributed by atoms with E-state index in [1.54, 1.807) is 13.8 Å². The number of halogens is 1. The molecule has 2 unspecified atom stereocenters. The van der Waals surface area contributed by atoms with Crippen LogP contribution in [-0.4, -0.2) is 23.1 Å². The lowest BCUT2D eigenvalue weighted by molar-refractivity contribution is -0.121. The molecule has 1 rings (SSSR count). The highest BCUT2D eigenvalue weighted by atomic mass is 19.1. The Labute approximate surface area is 187 Å². The van der Waals surface area contributed by atoms with Gasteiger partial charge in [-0.1, -0.05) is 41.5 Å². The highest BCUT2D eigenvalue weighted by molar-refractivity contribution is 6.09. The molecule has 0 aliphatic heterocycles. The van der Waals surface area contributed by atoms with Crippen LogP contribution in [0.5, 0.6) is 0 Å². The molecule has 31 heavy (non-hydrogen) atoms. The number of carbonyl (C=O) groups excluding carboxylic acids is 4. The summed E-state index contributed by atoms with van der Waals surface area (Å²) in [6.45, 7) is 14.3. The van der Waals surface area contributed by atoms with Gasteiger partial charge in [-0.05, 0) is 56.7 Å². The zero-order valence-electron chi connectivity index (χ0n) is 20.4. The summed E-state index contributed by atoms with van der Waals surface area (Å²) in [5, 5.41) is 0. The Hall–Kier alpha value is -2.17. The first kappa shape index (κ1) is 28.8. The van der Waals surface area contributed by atoms with E-state index in [4.69, 9.17) is 0 Å². The predicted octanol–water partition coefficient (Wildman–Crippen LogP) is 6.74. The van der Waals surface area contributed by atoms with E-state index in [0.717, 1.165) is 6.42 Å². The minimum absolute atomic E-state index is 0.00178. The van der Waals surface area contributed by atoms with Crippen LogP contribution in [0, 0.1) is 17.7 Å². The summed E-state index contributed by atoms with van der Waals surface area (Å²) in [4.78, 5) is 46.0. The largest absolute Gasteiger partial charge is 0.300 e. The Morgan fingerprint density at radius 2 is 1.48 bits per heavy atom. The van der Waals surface area contributed by atoms with Gasteiger partial charge in [0.1, 0.15) is 17.4 Å². The van der Waals surface area contributed by atoms with Gasteiger partial charge in [-0.2, -0.15) is 0 Å². The van der Waals surface area contributed by atoms with Crippen LogP contribution in [0.2, 0.25) is 0 Å². The van der Waals surface area contributed by atoms with Gasteiger partial charge >= 0.3 is 0 Å². The smallest absolute Gasteiger partial charge is 0.166 e. The Morgan fingerprint density at radius 1 is 0.903 bits per heavy atom. The van der Waals surface area contributed by atoms with E-state index in [9.17, 15) is 23.6 Å². The summed E-state index contributed by atoms with van der Waals surface area (Å²) in [5.41, 5.74) is 1.21. The van der Waals surface area contributed by atoms with Crippen LogP contribution in [0.1, 0.15) is 120 Å². The standard InChI is InChI=1S/C16H21FO2.C10H18O2/c1-6-10(4)16(19)14-8-12(17)7-13(9(2)3)15(14)11(5)18;1-4-5-10(12)7-6-8(2)9(3)11/h7-10H,6H2,1-5H3;8H,4-7H2,1-3H3. The summed E-state index contributed by atoms with van der Waals surface area (Å²) in [6.07, 6.45) is 3.52. The molecule has 0 aromatic heterocycles. The molecule has 0 saturated carbocycles. The highest BCUT2D eigenvalue weighted by Gasteiger charge is 2.24. The maximum absolute atomic E-state index is 13.7. The lowest BCUT2D eigenvalue weighted by atomic mass is 9.86. The average molecular weight is 435 g/mol. The molecule has 0 heterocycles. The molecule has 0 aliphatic rings. The summed E-state index contributed by atoms with van der Waals surface area (Å²) in [6, 6.07) is 2.55. The van der Waals surface area contributed by atoms with Crippen molar-refractivity contribution in [1.82, 2.24) is 0 Å². The monoisotopic (exact) mass is 434 g/mol. The summed E-state index contributed by atoms with van der Waals surface area (Å²) in [7, 11) is 0. The van der Waals surface area contributed by atoms with E-state index in [-0.39, 0.29) is 46.5 Å². The number of rotatable bonds is 11. The van der Waals surface area contributed by atoms with Crippen molar-refractivity contribution in [3.63, 3.8) is 0 Å². The third kappa shape index (κ3) is 9.67. The second-order valence-electron chi connectivity index (χ2n) is 8.64. The predicted molar refractivity (Wildman–Crippen MR) is 123 cm³/mol. The van der Waals surface area contributed by atoms with Gasteiger partial charge in [0.2, 0.25) is 0 Å². The molecule has 4 nitrogen and oxygen atoms in total. The molecular weight excluding hydrogens is 395 g/mol. The average Bonchev–Trinajstić information content (AvgIpc) is 2.70. The molecule has 5 heteroatoms. The number of ketones is 4. The van der Waals surface area contributed by atoms with Crippen molar-refractivity contribution in [2.45, 2.75) is 93.4 Å². The SMILES string of the molecule is CCC(C)C(=O)c1cc(F)cc(C(C)C)c1C(C)=O.CCCC(=O)CCC(C)C(C)=O. The van der Waals surface area contributed by atoms with E-state index in [1.807, 2.05) is 34.6 Å². The molecule has 0 aliphatic carbocycles. The van der Waals surface area contributed by atoms with E-state index in [2.05, 4.69) is 0 Å². The van der Waals surface area contributed by atoms with Crippen LogP contribution in [0.25, 0.3) is 0 Å². The van der Waals surface area contributed by atoms with Crippen molar-refractivity contribution in [2.24, 2.45) is 11.8 Å². The van der Waals surface area contributed by atoms with Gasteiger partial charge in [-0.25, -0.2) is 4.39 Å². The van der Waals surface area contributed by atoms with Gasteiger partial charge in [0.05, 0.1) is 0 Å². The second kappa shape index (κ2) is 14.0. The van der Waals surface area contributed by atoms with Gasteiger partial charge in [-0.3, -0.25) is 19.2 Å².